The predicted molar refractivity (Wildman–Crippen MR) is 97.3 cm³/mol. The minimum Gasteiger partial charge on any atom is -0.334 e. The Kier molecular flexibility index (Phi) is 4.86. The third-order valence-corrected chi connectivity index (χ3v) is 4.21. The number of benzene rings is 2. The predicted octanol–water partition coefficient (Wildman–Crippen LogP) is 4.37. The average molecular weight is 342 g/mol. The average Bonchev–Trinajstić information content (AvgIpc) is 2.92. The summed E-state index contributed by atoms with van der Waals surface area (Å²) in [5.74, 6) is 0.837. The van der Waals surface area contributed by atoms with Gasteiger partial charge in [-0.1, -0.05) is 36.7 Å². The summed E-state index contributed by atoms with van der Waals surface area (Å²) >= 11 is 5.99. The van der Waals surface area contributed by atoms with Gasteiger partial charge in [-0.05, 0) is 36.8 Å². The van der Waals surface area contributed by atoms with Gasteiger partial charge in [-0.3, -0.25) is 4.79 Å². The molecule has 0 aliphatic carbocycles. The van der Waals surface area contributed by atoms with Crippen LogP contribution in [0.1, 0.15) is 29.5 Å². The SMILES string of the molecule is CCCn1c(CN(C)C(=O)c2cccc(Cl)c2)nc2ccccc21. The Morgan fingerprint density at radius 2 is 2.00 bits per heavy atom. The van der Waals surface area contributed by atoms with E-state index < -0.39 is 0 Å². The van der Waals surface area contributed by atoms with Crippen LogP contribution in [0.5, 0.6) is 0 Å². The van der Waals surface area contributed by atoms with Gasteiger partial charge in [-0.2, -0.15) is 0 Å². The highest BCUT2D eigenvalue weighted by atomic mass is 35.5. The second kappa shape index (κ2) is 7.05. The van der Waals surface area contributed by atoms with Crippen molar-refractivity contribution in [1.82, 2.24) is 14.5 Å². The van der Waals surface area contributed by atoms with E-state index in [9.17, 15) is 4.79 Å². The molecule has 0 atom stereocenters. The number of aryl methyl sites for hydroxylation is 1. The lowest BCUT2D eigenvalue weighted by atomic mass is 10.2. The molecule has 124 valence electrons. The van der Waals surface area contributed by atoms with Crippen molar-refractivity contribution in [2.24, 2.45) is 0 Å². The standard InChI is InChI=1S/C19H20ClN3O/c1-3-11-23-17-10-5-4-9-16(17)21-18(23)13-22(2)19(24)14-7-6-8-15(20)12-14/h4-10,12H,3,11,13H2,1-2H3. The molecule has 0 aliphatic heterocycles. The van der Waals surface area contributed by atoms with Crippen LogP contribution in [-0.4, -0.2) is 27.4 Å². The van der Waals surface area contributed by atoms with Gasteiger partial charge in [-0.15, -0.1) is 0 Å². The first-order valence-electron chi connectivity index (χ1n) is 8.05. The molecule has 0 saturated carbocycles. The summed E-state index contributed by atoms with van der Waals surface area (Å²) in [6.07, 6.45) is 1.01. The van der Waals surface area contributed by atoms with Crippen molar-refractivity contribution in [2.75, 3.05) is 7.05 Å². The first-order valence-corrected chi connectivity index (χ1v) is 8.43. The molecular weight excluding hydrogens is 322 g/mol. The molecule has 0 fully saturated rings. The second-order valence-electron chi connectivity index (χ2n) is 5.84. The molecule has 0 N–H and O–H groups in total. The van der Waals surface area contributed by atoms with E-state index in [0.717, 1.165) is 29.8 Å². The summed E-state index contributed by atoms with van der Waals surface area (Å²) in [6.45, 7) is 3.48. The molecule has 1 amide bonds. The lowest BCUT2D eigenvalue weighted by molar-refractivity contribution is 0.0780. The van der Waals surface area contributed by atoms with Gasteiger partial charge in [0.05, 0.1) is 17.6 Å². The number of fused-ring (bicyclic) bond motifs is 1. The zero-order valence-corrected chi connectivity index (χ0v) is 14.6. The Morgan fingerprint density at radius 1 is 1.21 bits per heavy atom. The highest BCUT2D eigenvalue weighted by Crippen LogP contribution is 2.19. The first-order chi connectivity index (χ1) is 11.6. The Bertz CT molecular complexity index is 872. The molecule has 4 nitrogen and oxygen atoms in total. The Hall–Kier alpha value is -2.33. The molecule has 0 aliphatic rings. The molecule has 2 aromatic carbocycles. The molecule has 5 heteroatoms. The summed E-state index contributed by atoms with van der Waals surface area (Å²) in [7, 11) is 1.79. The van der Waals surface area contributed by atoms with Crippen molar-refractivity contribution in [1.29, 1.82) is 0 Å². The first kappa shape index (κ1) is 16.5. The van der Waals surface area contributed by atoms with Crippen LogP contribution in [-0.2, 0) is 13.1 Å². The fraction of sp³-hybridized carbons (Fsp3) is 0.263. The Balaban J connectivity index is 1.88. The summed E-state index contributed by atoms with van der Waals surface area (Å²) in [4.78, 5) is 19.0. The monoisotopic (exact) mass is 341 g/mol. The quantitative estimate of drug-likeness (QED) is 0.691. The number of carbonyl (C=O) groups excluding carboxylic acids is 1. The van der Waals surface area contributed by atoms with Gasteiger partial charge in [-0.25, -0.2) is 4.98 Å². The van der Waals surface area contributed by atoms with Crippen LogP contribution < -0.4 is 0 Å². The van der Waals surface area contributed by atoms with E-state index in [-0.39, 0.29) is 5.91 Å². The zero-order valence-electron chi connectivity index (χ0n) is 13.9. The van der Waals surface area contributed by atoms with Crippen LogP contribution in [0.2, 0.25) is 5.02 Å². The Labute approximate surface area is 146 Å². The third-order valence-electron chi connectivity index (χ3n) is 3.98. The zero-order chi connectivity index (χ0) is 17.1. The van der Waals surface area contributed by atoms with Crippen molar-refractivity contribution in [3.8, 4) is 0 Å². The normalized spacial score (nSPS) is 11.0. The highest BCUT2D eigenvalue weighted by molar-refractivity contribution is 6.30. The minimum atomic E-state index is -0.0624. The number of rotatable bonds is 5. The van der Waals surface area contributed by atoms with E-state index >= 15 is 0 Å². The van der Waals surface area contributed by atoms with Crippen molar-refractivity contribution in [2.45, 2.75) is 26.4 Å². The lowest BCUT2D eigenvalue weighted by Gasteiger charge is -2.18. The molecule has 0 spiro atoms. The fourth-order valence-corrected chi connectivity index (χ4v) is 3.04. The number of para-hydroxylation sites is 2. The van der Waals surface area contributed by atoms with E-state index in [4.69, 9.17) is 16.6 Å². The maximum atomic E-state index is 12.6. The second-order valence-corrected chi connectivity index (χ2v) is 6.28. The molecule has 1 aromatic heterocycles. The topological polar surface area (TPSA) is 38.1 Å². The summed E-state index contributed by atoms with van der Waals surface area (Å²) in [5, 5.41) is 0.562. The maximum absolute atomic E-state index is 12.6. The number of hydrogen-bond donors (Lipinski definition) is 0. The summed E-state index contributed by atoms with van der Waals surface area (Å²) in [5.41, 5.74) is 2.66. The van der Waals surface area contributed by atoms with Crippen LogP contribution in [0.4, 0.5) is 0 Å². The van der Waals surface area contributed by atoms with Gasteiger partial charge in [0.2, 0.25) is 0 Å². The maximum Gasteiger partial charge on any atom is 0.254 e. The highest BCUT2D eigenvalue weighted by Gasteiger charge is 2.16. The lowest BCUT2D eigenvalue weighted by Crippen LogP contribution is -2.27. The van der Waals surface area contributed by atoms with Crippen molar-refractivity contribution in [3.63, 3.8) is 0 Å². The van der Waals surface area contributed by atoms with Crippen LogP contribution in [0, 0.1) is 0 Å². The van der Waals surface area contributed by atoms with E-state index in [1.807, 2.05) is 18.2 Å². The fourth-order valence-electron chi connectivity index (χ4n) is 2.85. The van der Waals surface area contributed by atoms with Gasteiger partial charge in [0.25, 0.3) is 5.91 Å². The van der Waals surface area contributed by atoms with E-state index in [1.165, 1.54) is 0 Å². The number of hydrogen-bond acceptors (Lipinski definition) is 2. The number of amides is 1. The van der Waals surface area contributed by atoms with Gasteiger partial charge in [0.1, 0.15) is 5.82 Å². The largest absolute Gasteiger partial charge is 0.334 e. The molecule has 24 heavy (non-hydrogen) atoms. The number of halogens is 1. The minimum absolute atomic E-state index is 0.0624. The molecule has 0 saturated heterocycles. The smallest absolute Gasteiger partial charge is 0.254 e. The van der Waals surface area contributed by atoms with Gasteiger partial charge >= 0.3 is 0 Å². The summed E-state index contributed by atoms with van der Waals surface area (Å²) < 4.78 is 2.19. The van der Waals surface area contributed by atoms with E-state index in [2.05, 4.69) is 17.6 Å². The number of carbonyl (C=O) groups is 1. The number of aromatic nitrogens is 2. The van der Waals surface area contributed by atoms with Gasteiger partial charge in [0.15, 0.2) is 0 Å². The molecule has 1 heterocycles. The number of nitrogens with zero attached hydrogens (tertiary/aromatic N) is 3. The molecule has 3 aromatic rings. The van der Waals surface area contributed by atoms with Crippen LogP contribution >= 0.6 is 11.6 Å². The van der Waals surface area contributed by atoms with Crippen LogP contribution in [0.15, 0.2) is 48.5 Å². The van der Waals surface area contributed by atoms with Crippen LogP contribution in [0.3, 0.4) is 0 Å². The van der Waals surface area contributed by atoms with Crippen molar-refractivity contribution < 1.29 is 4.79 Å². The molecular formula is C19H20ClN3O. The molecule has 0 bridgehead atoms. The molecule has 0 unspecified atom stereocenters. The van der Waals surface area contributed by atoms with E-state index in [1.54, 1.807) is 36.2 Å². The Morgan fingerprint density at radius 3 is 2.75 bits per heavy atom. The van der Waals surface area contributed by atoms with Crippen molar-refractivity contribution in [3.05, 3.63) is 64.9 Å². The van der Waals surface area contributed by atoms with Crippen molar-refractivity contribution >= 4 is 28.5 Å². The number of imidazole rings is 1. The molecule has 3 rings (SSSR count). The van der Waals surface area contributed by atoms with Crippen LogP contribution in [0.25, 0.3) is 11.0 Å². The van der Waals surface area contributed by atoms with E-state index in [0.29, 0.717) is 17.1 Å². The van der Waals surface area contributed by atoms with Gasteiger partial charge < -0.3 is 9.47 Å². The summed E-state index contributed by atoms with van der Waals surface area (Å²) in [6, 6.07) is 15.1. The van der Waals surface area contributed by atoms with Gasteiger partial charge in [0, 0.05) is 24.2 Å². The molecule has 0 radical (unpaired) electrons. The third kappa shape index (κ3) is 3.29.